The van der Waals surface area contributed by atoms with E-state index in [1.165, 1.54) is 16.6 Å². The number of rotatable bonds is 15. The number of imidazole rings is 1. The molecular weight excluding hydrogens is 498 g/mol. The fourth-order valence-electron chi connectivity index (χ4n) is 5.01. The van der Waals surface area contributed by atoms with Crippen LogP contribution in [0.15, 0.2) is 60.7 Å². The summed E-state index contributed by atoms with van der Waals surface area (Å²) in [5.74, 6) is 2.85. The minimum absolute atomic E-state index is 0.0456. The monoisotopic (exact) mass is 541 g/mol. The molecule has 4 rings (SSSR count). The third-order valence-electron chi connectivity index (χ3n) is 7.27. The Kier molecular flexibility index (Phi) is 10.6. The summed E-state index contributed by atoms with van der Waals surface area (Å²) in [6, 6.07) is 20.7. The van der Waals surface area contributed by atoms with Gasteiger partial charge in [0.05, 0.1) is 17.6 Å². The second-order valence-electron chi connectivity index (χ2n) is 10.7. The Hall–Kier alpha value is -3.80. The number of hydrogen-bond donors (Lipinski definition) is 1. The molecule has 6 heteroatoms. The molecule has 0 saturated carbocycles. The van der Waals surface area contributed by atoms with E-state index in [4.69, 9.17) is 14.5 Å². The zero-order valence-electron chi connectivity index (χ0n) is 24.5. The molecule has 0 saturated heterocycles. The molecule has 1 amide bonds. The number of unbranched alkanes of at least 4 members (excludes halogenated alkanes) is 3. The van der Waals surface area contributed by atoms with E-state index in [1.54, 1.807) is 0 Å². The van der Waals surface area contributed by atoms with Crippen LogP contribution in [0.1, 0.15) is 60.2 Å². The standard InChI is InChI=1S/C34H43N3O3/c1-25-18-19-26(2)31(23-25)40-24-33(38)35-20-9-5-6-17-32-36-29-15-7-8-16-30(29)37(32)21-10-11-22-39-34-27(3)13-12-14-28(34)4/h7-8,12-16,18-19,23H,5-6,9-11,17,20-22,24H2,1-4H3,(H,35,38). The van der Waals surface area contributed by atoms with Crippen LogP contribution in [0, 0.1) is 27.7 Å². The van der Waals surface area contributed by atoms with Crippen molar-refractivity contribution in [2.75, 3.05) is 19.8 Å². The number of para-hydroxylation sites is 3. The van der Waals surface area contributed by atoms with E-state index in [1.807, 2.05) is 32.0 Å². The number of benzene rings is 3. The van der Waals surface area contributed by atoms with Crippen LogP contribution >= 0.6 is 0 Å². The number of ether oxygens (including phenoxy) is 2. The van der Waals surface area contributed by atoms with Crippen molar-refractivity contribution >= 4 is 16.9 Å². The normalized spacial score (nSPS) is 11.1. The van der Waals surface area contributed by atoms with E-state index in [9.17, 15) is 4.79 Å². The first kappa shape index (κ1) is 29.2. The van der Waals surface area contributed by atoms with E-state index in [0.717, 1.165) is 85.6 Å². The van der Waals surface area contributed by atoms with Gasteiger partial charge in [-0.05, 0) is 93.8 Å². The van der Waals surface area contributed by atoms with Crippen LogP contribution in [0.3, 0.4) is 0 Å². The molecule has 0 unspecified atom stereocenters. The SMILES string of the molecule is Cc1ccc(C)c(OCC(=O)NCCCCCc2nc3ccccc3n2CCCCOc2c(C)cccc2C)c1. The summed E-state index contributed by atoms with van der Waals surface area (Å²) < 4.78 is 14.2. The van der Waals surface area contributed by atoms with Gasteiger partial charge in [0.25, 0.3) is 5.91 Å². The molecule has 1 aromatic heterocycles. The molecule has 3 aromatic carbocycles. The fraction of sp³-hybridized carbons (Fsp3) is 0.412. The number of amides is 1. The molecule has 0 atom stereocenters. The Balaban J connectivity index is 1.18. The van der Waals surface area contributed by atoms with E-state index < -0.39 is 0 Å². The maximum atomic E-state index is 12.2. The van der Waals surface area contributed by atoms with Crippen LogP contribution in [0.25, 0.3) is 11.0 Å². The molecule has 1 N–H and O–H groups in total. The molecular formula is C34H43N3O3. The molecule has 1 heterocycles. The van der Waals surface area contributed by atoms with Crippen molar-refractivity contribution in [2.45, 2.75) is 72.8 Å². The van der Waals surface area contributed by atoms with Gasteiger partial charge in [-0.15, -0.1) is 0 Å². The zero-order valence-corrected chi connectivity index (χ0v) is 24.5. The minimum Gasteiger partial charge on any atom is -0.493 e. The Labute approximate surface area is 238 Å². The number of hydrogen-bond acceptors (Lipinski definition) is 4. The summed E-state index contributed by atoms with van der Waals surface area (Å²) in [5.41, 5.74) is 6.79. The first-order chi connectivity index (χ1) is 19.4. The van der Waals surface area contributed by atoms with Crippen molar-refractivity contribution in [3.8, 4) is 11.5 Å². The van der Waals surface area contributed by atoms with Crippen molar-refractivity contribution in [2.24, 2.45) is 0 Å². The highest BCUT2D eigenvalue weighted by molar-refractivity contribution is 5.77. The molecule has 6 nitrogen and oxygen atoms in total. The summed E-state index contributed by atoms with van der Waals surface area (Å²) in [7, 11) is 0. The Morgan fingerprint density at radius 2 is 1.62 bits per heavy atom. The molecule has 0 aliphatic heterocycles. The summed E-state index contributed by atoms with van der Waals surface area (Å²) in [6.07, 6.45) is 5.96. The van der Waals surface area contributed by atoms with Gasteiger partial charge in [0.1, 0.15) is 17.3 Å². The van der Waals surface area contributed by atoms with E-state index in [-0.39, 0.29) is 12.5 Å². The predicted molar refractivity (Wildman–Crippen MR) is 162 cm³/mol. The van der Waals surface area contributed by atoms with Crippen molar-refractivity contribution in [3.63, 3.8) is 0 Å². The molecule has 0 spiro atoms. The lowest BCUT2D eigenvalue weighted by atomic mass is 10.1. The minimum atomic E-state index is -0.0794. The number of nitrogens with zero attached hydrogens (tertiary/aromatic N) is 2. The van der Waals surface area contributed by atoms with Crippen LogP contribution < -0.4 is 14.8 Å². The van der Waals surface area contributed by atoms with E-state index in [0.29, 0.717) is 6.54 Å². The summed E-state index contributed by atoms with van der Waals surface area (Å²) in [6.45, 7) is 10.6. The summed E-state index contributed by atoms with van der Waals surface area (Å²) in [4.78, 5) is 17.2. The average molecular weight is 542 g/mol. The molecule has 0 bridgehead atoms. The van der Waals surface area contributed by atoms with E-state index in [2.05, 4.69) is 66.2 Å². The second-order valence-corrected chi connectivity index (χ2v) is 10.7. The van der Waals surface area contributed by atoms with Crippen LogP contribution in [0.5, 0.6) is 11.5 Å². The highest BCUT2D eigenvalue weighted by Crippen LogP contribution is 2.23. The Bertz CT molecular complexity index is 1390. The molecule has 0 radical (unpaired) electrons. The Morgan fingerprint density at radius 3 is 2.45 bits per heavy atom. The van der Waals surface area contributed by atoms with Crippen molar-refractivity contribution < 1.29 is 14.3 Å². The molecule has 0 fully saturated rings. The van der Waals surface area contributed by atoms with Gasteiger partial charge in [0.15, 0.2) is 6.61 Å². The molecule has 4 aromatic rings. The summed E-state index contributed by atoms with van der Waals surface area (Å²) >= 11 is 0. The number of aryl methyl sites for hydroxylation is 6. The van der Waals surface area contributed by atoms with Gasteiger partial charge in [0.2, 0.25) is 0 Å². The quantitative estimate of drug-likeness (QED) is 0.164. The molecule has 212 valence electrons. The fourth-order valence-corrected chi connectivity index (χ4v) is 5.01. The third kappa shape index (κ3) is 8.10. The highest BCUT2D eigenvalue weighted by Gasteiger charge is 2.11. The van der Waals surface area contributed by atoms with E-state index >= 15 is 0 Å². The number of aromatic nitrogens is 2. The topological polar surface area (TPSA) is 65.4 Å². The van der Waals surface area contributed by atoms with Crippen molar-refractivity contribution in [3.05, 3.63) is 88.7 Å². The van der Waals surface area contributed by atoms with Crippen LogP contribution in [0.2, 0.25) is 0 Å². The smallest absolute Gasteiger partial charge is 0.257 e. The van der Waals surface area contributed by atoms with Gasteiger partial charge in [-0.1, -0.05) is 48.9 Å². The maximum Gasteiger partial charge on any atom is 0.257 e. The van der Waals surface area contributed by atoms with Gasteiger partial charge < -0.3 is 19.4 Å². The highest BCUT2D eigenvalue weighted by atomic mass is 16.5. The molecule has 0 aliphatic rings. The zero-order chi connectivity index (χ0) is 28.3. The maximum absolute atomic E-state index is 12.2. The van der Waals surface area contributed by atoms with Gasteiger partial charge in [0, 0.05) is 19.5 Å². The van der Waals surface area contributed by atoms with Crippen LogP contribution in [-0.4, -0.2) is 35.2 Å². The lowest BCUT2D eigenvalue weighted by Gasteiger charge is -2.13. The molecule has 0 aliphatic carbocycles. The first-order valence-electron chi connectivity index (χ1n) is 14.5. The lowest BCUT2D eigenvalue weighted by molar-refractivity contribution is -0.123. The van der Waals surface area contributed by atoms with Crippen molar-refractivity contribution in [1.82, 2.24) is 14.9 Å². The van der Waals surface area contributed by atoms with Gasteiger partial charge in [-0.3, -0.25) is 4.79 Å². The largest absolute Gasteiger partial charge is 0.493 e. The van der Waals surface area contributed by atoms with Crippen LogP contribution in [0.4, 0.5) is 0 Å². The predicted octanol–water partition coefficient (Wildman–Crippen LogP) is 7.04. The second kappa shape index (κ2) is 14.5. The number of carbonyl (C=O) groups is 1. The van der Waals surface area contributed by atoms with Crippen molar-refractivity contribution in [1.29, 1.82) is 0 Å². The number of nitrogens with one attached hydrogen (secondary N) is 1. The van der Waals surface area contributed by atoms with Gasteiger partial charge in [-0.2, -0.15) is 0 Å². The third-order valence-corrected chi connectivity index (χ3v) is 7.27. The van der Waals surface area contributed by atoms with Crippen LogP contribution in [-0.2, 0) is 17.8 Å². The number of carbonyl (C=O) groups excluding carboxylic acids is 1. The van der Waals surface area contributed by atoms with Gasteiger partial charge >= 0.3 is 0 Å². The first-order valence-corrected chi connectivity index (χ1v) is 14.5. The Morgan fingerprint density at radius 1 is 0.825 bits per heavy atom. The number of fused-ring (bicyclic) bond motifs is 1. The lowest BCUT2D eigenvalue weighted by Crippen LogP contribution is -2.29. The van der Waals surface area contributed by atoms with Gasteiger partial charge in [-0.25, -0.2) is 4.98 Å². The average Bonchev–Trinajstić information content (AvgIpc) is 3.29. The summed E-state index contributed by atoms with van der Waals surface area (Å²) in [5, 5.41) is 2.98. The molecule has 40 heavy (non-hydrogen) atoms.